The molecule has 0 aromatic heterocycles. The van der Waals surface area contributed by atoms with Gasteiger partial charge in [0.2, 0.25) is 22.7 Å². The highest BCUT2D eigenvalue weighted by Gasteiger charge is 2.20. The fraction of sp³-hybridized carbons (Fsp3) is 0.350. The van der Waals surface area contributed by atoms with E-state index in [-0.39, 0.29) is 17.6 Å². The normalized spacial score (nSPS) is 14.1. The third kappa shape index (κ3) is 4.69. The molecule has 1 atom stereocenters. The molecule has 0 bridgehead atoms. The summed E-state index contributed by atoms with van der Waals surface area (Å²) < 4.78 is 36.5. The predicted molar refractivity (Wildman–Crippen MR) is 110 cm³/mol. The molecule has 29 heavy (non-hydrogen) atoms. The van der Waals surface area contributed by atoms with E-state index in [2.05, 4.69) is 10.6 Å². The van der Waals surface area contributed by atoms with Gasteiger partial charge in [0.25, 0.3) is 0 Å². The van der Waals surface area contributed by atoms with Crippen molar-refractivity contribution in [2.75, 3.05) is 26.2 Å². The molecular weight excluding hydrogens is 394 g/mol. The average Bonchev–Trinajstić information content (AvgIpc) is 3.15. The Balaban J connectivity index is 1.65. The number of anilines is 1. The first kappa shape index (κ1) is 21.1. The van der Waals surface area contributed by atoms with E-state index in [0.29, 0.717) is 23.7 Å². The number of fused-ring (bicyclic) bond motifs is 1. The molecule has 1 heterocycles. The molecule has 2 aromatic carbocycles. The molecule has 1 amide bonds. The Morgan fingerprint density at radius 3 is 2.59 bits per heavy atom. The van der Waals surface area contributed by atoms with E-state index in [1.54, 1.807) is 13.0 Å². The van der Waals surface area contributed by atoms with Crippen LogP contribution in [-0.2, 0) is 21.4 Å². The molecule has 0 aliphatic carbocycles. The first-order valence-electron chi connectivity index (χ1n) is 9.14. The van der Waals surface area contributed by atoms with Gasteiger partial charge in [-0.3, -0.25) is 4.79 Å². The molecule has 0 saturated heterocycles. The van der Waals surface area contributed by atoms with Gasteiger partial charge in [0.1, 0.15) is 0 Å². The number of hydrogen-bond donors (Lipinski definition) is 2. The lowest BCUT2D eigenvalue weighted by atomic mass is 10.1. The summed E-state index contributed by atoms with van der Waals surface area (Å²) in [6.07, 6.45) is 0. The number of nitrogens with zero attached hydrogens (tertiary/aromatic N) is 1. The minimum Gasteiger partial charge on any atom is -0.454 e. The van der Waals surface area contributed by atoms with Crippen LogP contribution >= 0.6 is 0 Å². The van der Waals surface area contributed by atoms with Crippen LogP contribution in [0.1, 0.15) is 18.1 Å². The second-order valence-corrected chi connectivity index (χ2v) is 9.20. The lowest BCUT2D eigenvalue weighted by molar-refractivity contribution is -0.117. The molecule has 3 rings (SSSR count). The van der Waals surface area contributed by atoms with E-state index in [4.69, 9.17) is 9.47 Å². The topological polar surface area (TPSA) is 97.0 Å². The van der Waals surface area contributed by atoms with Gasteiger partial charge in [-0.1, -0.05) is 12.1 Å². The highest BCUT2D eigenvalue weighted by atomic mass is 32.2. The Bertz CT molecular complexity index is 1020. The van der Waals surface area contributed by atoms with Gasteiger partial charge in [0.15, 0.2) is 11.5 Å². The first-order chi connectivity index (χ1) is 13.7. The highest BCUT2D eigenvalue weighted by molar-refractivity contribution is 7.89. The summed E-state index contributed by atoms with van der Waals surface area (Å²) in [4.78, 5) is 12.7. The van der Waals surface area contributed by atoms with Crippen molar-refractivity contribution in [3.05, 3.63) is 47.5 Å². The largest absolute Gasteiger partial charge is 0.454 e. The minimum atomic E-state index is -3.58. The number of amides is 1. The highest BCUT2D eigenvalue weighted by Crippen LogP contribution is 2.32. The summed E-state index contributed by atoms with van der Waals surface area (Å²) >= 11 is 0. The Labute approximate surface area is 170 Å². The Morgan fingerprint density at radius 1 is 1.14 bits per heavy atom. The van der Waals surface area contributed by atoms with E-state index >= 15 is 0 Å². The standard InChI is InChI=1S/C20H25N3O5S/c1-13-5-7-16(29(25,26)23(3)4)10-17(13)22-20(24)14(2)21-11-15-6-8-18-19(9-15)28-12-27-18/h5-10,14,21H,11-12H2,1-4H3,(H,22,24)/t14-/m0/s1. The summed E-state index contributed by atoms with van der Waals surface area (Å²) in [5, 5.41) is 5.97. The van der Waals surface area contributed by atoms with Gasteiger partial charge in [0, 0.05) is 26.3 Å². The smallest absolute Gasteiger partial charge is 0.242 e. The molecule has 0 radical (unpaired) electrons. The van der Waals surface area contributed by atoms with Crippen molar-refractivity contribution in [2.45, 2.75) is 31.3 Å². The molecule has 1 aliphatic rings. The van der Waals surface area contributed by atoms with Gasteiger partial charge in [-0.25, -0.2) is 12.7 Å². The second-order valence-electron chi connectivity index (χ2n) is 7.04. The molecule has 2 N–H and O–H groups in total. The van der Waals surface area contributed by atoms with Crippen LogP contribution in [-0.4, -0.2) is 45.6 Å². The number of aryl methyl sites for hydroxylation is 1. The third-order valence-corrected chi connectivity index (χ3v) is 6.50. The number of ether oxygens (including phenoxy) is 2. The average molecular weight is 420 g/mol. The molecule has 2 aromatic rings. The van der Waals surface area contributed by atoms with E-state index in [1.807, 2.05) is 25.1 Å². The monoisotopic (exact) mass is 419 g/mol. The van der Waals surface area contributed by atoms with Gasteiger partial charge in [-0.15, -0.1) is 0 Å². The number of carbonyl (C=O) groups is 1. The zero-order chi connectivity index (χ0) is 21.2. The Hall–Kier alpha value is -2.62. The quantitative estimate of drug-likeness (QED) is 0.713. The Morgan fingerprint density at radius 2 is 1.86 bits per heavy atom. The molecule has 0 spiro atoms. The summed E-state index contributed by atoms with van der Waals surface area (Å²) in [5.41, 5.74) is 2.21. The van der Waals surface area contributed by atoms with Gasteiger partial charge >= 0.3 is 0 Å². The van der Waals surface area contributed by atoms with Crippen molar-refractivity contribution in [1.29, 1.82) is 0 Å². The zero-order valence-corrected chi connectivity index (χ0v) is 17.7. The summed E-state index contributed by atoms with van der Waals surface area (Å²) in [7, 11) is -0.644. The molecule has 0 fully saturated rings. The van der Waals surface area contributed by atoms with Crippen LogP contribution in [0.4, 0.5) is 5.69 Å². The molecule has 9 heteroatoms. The number of hydrogen-bond acceptors (Lipinski definition) is 6. The summed E-state index contributed by atoms with van der Waals surface area (Å²) in [6.45, 7) is 4.25. The molecule has 156 valence electrons. The van der Waals surface area contributed by atoms with Crippen molar-refractivity contribution < 1.29 is 22.7 Å². The number of nitrogens with one attached hydrogen (secondary N) is 2. The number of rotatable bonds is 7. The molecule has 0 saturated carbocycles. The van der Waals surface area contributed by atoms with Crippen molar-refractivity contribution in [1.82, 2.24) is 9.62 Å². The van der Waals surface area contributed by atoms with Crippen LogP contribution in [0.15, 0.2) is 41.3 Å². The van der Waals surface area contributed by atoms with E-state index in [9.17, 15) is 13.2 Å². The van der Waals surface area contributed by atoms with Crippen LogP contribution in [0, 0.1) is 6.92 Å². The van der Waals surface area contributed by atoms with E-state index in [1.165, 1.54) is 26.2 Å². The fourth-order valence-electron chi connectivity index (χ4n) is 2.76. The first-order valence-corrected chi connectivity index (χ1v) is 10.6. The summed E-state index contributed by atoms with van der Waals surface area (Å²) in [5.74, 6) is 1.15. The second kappa shape index (κ2) is 8.40. The fourth-order valence-corrected chi connectivity index (χ4v) is 3.69. The van der Waals surface area contributed by atoms with Crippen LogP contribution in [0.25, 0.3) is 0 Å². The SMILES string of the molecule is Cc1ccc(S(=O)(=O)N(C)C)cc1NC(=O)[C@H](C)NCc1ccc2c(c1)OCO2. The molecule has 0 unspecified atom stereocenters. The van der Waals surface area contributed by atoms with Crippen molar-refractivity contribution in [3.8, 4) is 11.5 Å². The zero-order valence-electron chi connectivity index (χ0n) is 16.9. The predicted octanol–water partition coefficient (Wildman–Crippen LogP) is 2.09. The van der Waals surface area contributed by atoms with Crippen LogP contribution in [0.3, 0.4) is 0 Å². The maximum atomic E-state index is 12.6. The third-order valence-electron chi connectivity index (χ3n) is 4.69. The van der Waals surface area contributed by atoms with Gasteiger partial charge in [-0.2, -0.15) is 0 Å². The number of sulfonamides is 1. The lowest BCUT2D eigenvalue weighted by Crippen LogP contribution is -2.37. The van der Waals surface area contributed by atoms with Gasteiger partial charge in [-0.05, 0) is 49.2 Å². The molecule has 1 aliphatic heterocycles. The maximum absolute atomic E-state index is 12.6. The van der Waals surface area contributed by atoms with Gasteiger partial charge in [0.05, 0.1) is 10.9 Å². The number of carbonyl (C=O) groups excluding carboxylic acids is 1. The van der Waals surface area contributed by atoms with Gasteiger partial charge < -0.3 is 20.1 Å². The van der Waals surface area contributed by atoms with Crippen molar-refractivity contribution >= 4 is 21.6 Å². The lowest BCUT2D eigenvalue weighted by Gasteiger charge is -2.17. The maximum Gasteiger partial charge on any atom is 0.242 e. The van der Waals surface area contributed by atoms with E-state index < -0.39 is 16.1 Å². The molecule has 8 nitrogen and oxygen atoms in total. The molecular formula is C20H25N3O5S. The van der Waals surface area contributed by atoms with Crippen molar-refractivity contribution in [3.63, 3.8) is 0 Å². The van der Waals surface area contributed by atoms with Crippen LogP contribution in [0.2, 0.25) is 0 Å². The summed E-state index contributed by atoms with van der Waals surface area (Å²) in [6, 6.07) is 9.81. The Kier molecular flexibility index (Phi) is 6.11. The van der Waals surface area contributed by atoms with Crippen LogP contribution in [0.5, 0.6) is 11.5 Å². The minimum absolute atomic E-state index is 0.129. The number of benzene rings is 2. The van der Waals surface area contributed by atoms with Crippen molar-refractivity contribution in [2.24, 2.45) is 0 Å². The van der Waals surface area contributed by atoms with Crippen LogP contribution < -0.4 is 20.1 Å². The van der Waals surface area contributed by atoms with E-state index in [0.717, 1.165) is 15.4 Å².